The van der Waals surface area contributed by atoms with Gasteiger partial charge in [-0.25, -0.2) is 0 Å². The van der Waals surface area contributed by atoms with Gasteiger partial charge >= 0.3 is 0 Å². The first-order valence-electron chi connectivity index (χ1n) is 9.51. The van der Waals surface area contributed by atoms with E-state index in [1.54, 1.807) is 12.4 Å². The summed E-state index contributed by atoms with van der Waals surface area (Å²) in [5.74, 6) is 0.224. The number of Topliss-reactive ketones (excluding diaryl/α,β-unsaturated/α-hetero) is 1. The first kappa shape index (κ1) is 17.5. The lowest BCUT2D eigenvalue weighted by Gasteiger charge is -2.29. The number of hydrogen-bond donors (Lipinski definition) is 1. The summed E-state index contributed by atoms with van der Waals surface area (Å²) < 4.78 is 2.30. The number of nitrogens with one attached hydrogen (secondary N) is 1. The molecule has 2 aromatic heterocycles. The van der Waals surface area contributed by atoms with Gasteiger partial charge in [0, 0.05) is 42.3 Å². The minimum absolute atomic E-state index is 0.0190. The quantitative estimate of drug-likeness (QED) is 0.672. The van der Waals surface area contributed by atoms with E-state index in [-0.39, 0.29) is 11.2 Å². The van der Waals surface area contributed by atoms with Crippen LogP contribution in [-0.4, -0.2) is 15.3 Å². The van der Waals surface area contributed by atoms with E-state index in [9.17, 15) is 4.79 Å². The van der Waals surface area contributed by atoms with E-state index in [4.69, 9.17) is 0 Å². The van der Waals surface area contributed by atoms with Crippen LogP contribution in [0.15, 0.2) is 54.9 Å². The van der Waals surface area contributed by atoms with Crippen LogP contribution in [0.1, 0.15) is 43.2 Å². The second kappa shape index (κ2) is 6.69. The number of nitrogens with zero attached hydrogens (tertiary/aromatic N) is 2. The van der Waals surface area contributed by atoms with Gasteiger partial charge in [0.2, 0.25) is 0 Å². The topological polar surface area (TPSA) is 46.9 Å². The fraction of sp³-hybridized carbons (Fsp3) is 0.304. The van der Waals surface area contributed by atoms with Crippen LogP contribution in [-0.2, 0) is 13.0 Å². The number of fused-ring (bicyclic) bond motifs is 1. The maximum atomic E-state index is 13.2. The van der Waals surface area contributed by atoms with Crippen LogP contribution in [0, 0.1) is 5.41 Å². The summed E-state index contributed by atoms with van der Waals surface area (Å²) in [6.07, 6.45) is 5.09. The highest BCUT2D eigenvalue weighted by Gasteiger charge is 2.37. The lowest BCUT2D eigenvalue weighted by Crippen LogP contribution is -2.28. The molecule has 4 nitrogen and oxygen atoms in total. The van der Waals surface area contributed by atoms with E-state index < -0.39 is 0 Å². The van der Waals surface area contributed by atoms with Gasteiger partial charge in [-0.2, -0.15) is 0 Å². The van der Waals surface area contributed by atoms with Gasteiger partial charge < -0.3 is 9.88 Å². The first-order valence-corrected chi connectivity index (χ1v) is 9.51. The minimum Gasteiger partial charge on any atom is -0.353 e. The zero-order valence-corrected chi connectivity index (χ0v) is 16.1. The summed E-state index contributed by atoms with van der Waals surface area (Å²) in [5.41, 5.74) is 6.03. The van der Waals surface area contributed by atoms with E-state index in [0.29, 0.717) is 6.42 Å². The van der Waals surface area contributed by atoms with Crippen LogP contribution in [0.4, 0.5) is 11.4 Å². The van der Waals surface area contributed by atoms with Gasteiger partial charge in [0.05, 0.1) is 16.9 Å². The Morgan fingerprint density at radius 1 is 1.07 bits per heavy atom. The zero-order chi connectivity index (χ0) is 19.0. The number of carbonyl (C=O) groups is 1. The number of benzene rings is 1. The number of anilines is 2. The molecule has 27 heavy (non-hydrogen) atoms. The normalized spacial score (nSPS) is 15.4. The SMILES string of the molecule is CCn1c2c(c(Nc3ccccc3)c1-c1ccncc1)C(=O)CC(C)(C)C2. The lowest BCUT2D eigenvalue weighted by molar-refractivity contribution is 0.0911. The summed E-state index contributed by atoms with van der Waals surface area (Å²) in [6.45, 7) is 7.32. The van der Waals surface area contributed by atoms with Crippen molar-refractivity contribution in [1.29, 1.82) is 0 Å². The highest BCUT2D eigenvalue weighted by molar-refractivity contribution is 6.08. The maximum absolute atomic E-state index is 13.2. The maximum Gasteiger partial charge on any atom is 0.167 e. The summed E-state index contributed by atoms with van der Waals surface area (Å²) in [5, 5.41) is 3.55. The van der Waals surface area contributed by atoms with Gasteiger partial charge in [0.15, 0.2) is 5.78 Å². The van der Waals surface area contributed by atoms with Crippen molar-refractivity contribution < 1.29 is 4.79 Å². The smallest absolute Gasteiger partial charge is 0.167 e. The molecule has 0 spiro atoms. The van der Waals surface area contributed by atoms with Gasteiger partial charge in [-0.05, 0) is 43.0 Å². The molecule has 1 aliphatic rings. The Morgan fingerprint density at radius 3 is 2.44 bits per heavy atom. The number of hydrogen-bond acceptors (Lipinski definition) is 3. The standard InChI is InChI=1S/C23H25N3O/c1-4-26-18-14-23(2,3)15-19(27)20(18)21(25-17-8-6-5-7-9-17)22(26)16-10-12-24-13-11-16/h5-13,25H,4,14-15H2,1-3H3. The summed E-state index contributed by atoms with van der Waals surface area (Å²) >= 11 is 0. The second-order valence-electron chi connectivity index (χ2n) is 7.96. The molecule has 1 aromatic carbocycles. The monoisotopic (exact) mass is 359 g/mol. The molecule has 138 valence electrons. The predicted molar refractivity (Wildman–Crippen MR) is 109 cm³/mol. The molecule has 0 aliphatic heterocycles. The van der Waals surface area contributed by atoms with Gasteiger partial charge in [-0.15, -0.1) is 0 Å². The Labute approximate surface area is 160 Å². The van der Waals surface area contributed by atoms with E-state index in [1.807, 2.05) is 42.5 Å². The Balaban J connectivity index is 1.98. The molecule has 0 radical (unpaired) electrons. The lowest BCUT2D eigenvalue weighted by atomic mass is 9.76. The Kier molecular flexibility index (Phi) is 4.34. The molecular weight excluding hydrogens is 334 g/mol. The third-order valence-electron chi connectivity index (χ3n) is 5.25. The van der Waals surface area contributed by atoms with Crippen LogP contribution in [0.2, 0.25) is 0 Å². The zero-order valence-electron chi connectivity index (χ0n) is 16.1. The summed E-state index contributed by atoms with van der Waals surface area (Å²) in [4.78, 5) is 17.3. The molecule has 4 heteroatoms. The third kappa shape index (κ3) is 3.16. The predicted octanol–water partition coefficient (Wildman–Crippen LogP) is 5.47. The van der Waals surface area contributed by atoms with E-state index in [2.05, 4.69) is 35.6 Å². The van der Waals surface area contributed by atoms with Crippen molar-refractivity contribution in [2.45, 2.75) is 40.2 Å². The van der Waals surface area contributed by atoms with Crippen molar-refractivity contribution in [3.63, 3.8) is 0 Å². The summed E-state index contributed by atoms with van der Waals surface area (Å²) in [7, 11) is 0. The first-order chi connectivity index (χ1) is 13.0. The molecule has 2 heterocycles. The number of carbonyl (C=O) groups excluding carboxylic acids is 1. The van der Waals surface area contributed by atoms with Crippen LogP contribution >= 0.6 is 0 Å². The molecule has 0 saturated carbocycles. The molecule has 0 amide bonds. The van der Waals surface area contributed by atoms with Crippen molar-refractivity contribution in [3.8, 4) is 11.3 Å². The number of para-hydroxylation sites is 1. The van der Waals surface area contributed by atoms with Crippen LogP contribution in [0.5, 0.6) is 0 Å². The molecule has 0 atom stereocenters. The third-order valence-corrected chi connectivity index (χ3v) is 5.25. The van der Waals surface area contributed by atoms with Crippen molar-refractivity contribution in [1.82, 2.24) is 9.55 Å². The van der Waals surface area contributed by atoms with Crippen molar-refractivity contribution >= 4 is 17.2 Å². The molecule has 0 bridgehead atoms. The largest absolute Gasteiger partial charge is 0.353 e. The molecule has 1 aliphatic carbocycles. The number of aromatic nitrogens is 2. The average Bonchev–Trinajstić information content (AvgIpc) is 2.95. The molecular formula is C23H25N3O. The Hall–Kier alpha value is -2.88. The number of rotatable bonds is 4. The van der Waals surface area contributed by atoms with Crippen molar-refractivity contribution in [3.05, 3.63) is 66.1 Å². The van der Waals surface area contributed by atoms with Gasteiger partial charge in [-0.1, -0.05) is 32.0 Å². The molecule has 0 fully saturated rings. The van der Waals surface area contributed by atoms with Gasteiger partial charge in [0.25, 0.3) is 0 Å². The minimum atomic E-state index is -0.0190. The van der Waals surface area contributed by atoms with Crippen molar-refractivity contribution in [2.24, 2.45) is 5.41 Å². The average molecular weight is 359 g/mol. The summed E-state index contributed by atoms with van der Waals surface area (Å²) in [6, 6.07) is 14.1. The van der Waals surface area contributed by atoms with Gasteiger partial charge in [0.1, 0.15) is 0 Å². The highest BCUT2D eigenvalue weighted by atomic mass is 16.1. The van der Waals surface area contributed by atoms with E-state index >= 15 is 0 Å². The highest BCUT2D eigenvalue weighted by Crippen LogP contribution is 2.45. The van der Waals surface area contributed by atoms with Gasteiger partial charge in [-0.3, -0.25) is 9.78 Å². The van der Waals surface area contributed by atoms with Crippen molar-refractivity contribution in [2.75, 3.05) is 5.32 Å². The van der Waals surface area contributed by atoms with Crippen LogP contribution in [0.25, 0.3) is 11.3 Å². The second-order valence-corrected chi connectivity index (χ2v) is 7.96. The molecule has 1 N–H and O–H groups in total. The fourth-order valence-electron chi connectivity index (χ4n) is 4.14. The molecule has 3 aromatic rings. The van der Waals surface area contributed by atoms with E-state index in [0.717, 1.165) is 46.9 Å². The number of pyridine rings is 1. The Bertz CT molecular complexity index is 972. The van der Waals surface area contributed by atoms with Crippen LogP contribution < -0.4 is 5.32 Å². The molecule has 4 rings (SSSR count). The molecule has 0 saturated heterocycles. The molecule has 0 unspecified atom stereocenters. The Morgan fingerprint density at radius 2 is 1.78 bits per heavy atom. The van der Waals surface area contributed by atoms with Crippen LogP contribution in [0.3, 0.4) is 0 Å². The van der Waals surface area contributed by atoms with E-state index in [1.165, 1.54) is 0 Å². The number of ketones is 1. The fourth-order valence-corrected chi connectivity index (χ4v) is 4.14.